The molecule has 1 atom stereocenters. The van der Waals surface area contributed by atoms with Gasteiger partial charge < -0.3 is 9.84 Å². The van der Waals surface area contributed by atoms with Gasteiger partial charge in [-0.2, -0.15) is 0 Å². The van der Waals surface area contributed by atoms with Crippen molar-refractivity contribution in [1.29, 1.82) is 0 Å². The van der Waals surface area contributed by atoms with Crippen LogP contribution in [0.5, 0.6) is 0 Å². The van der Waals surface area contributed by atoms with Gasteiger partial charge in [0.15, 0.2) is 0 Å². The van der Waals surface area contributed by atoms with E-state index in [9.17, 15) is 5.11 Å². The minimum Gasteiger partial charge on any atom is -0.383 e. The number of aliphatic hydroxyl groups is 1. The van der Waals surface area contributed by atoms with Crippen LogP contribution in [-0.2, 0) is 18.0 Å². The molecule has 5 aromatic carbocycles. The van der Waals surface area contributed by atoms with Gasteiger partial charge in [-0.3, -0.25) is 0 Å². The lowest BCUT2D eigenvalue weighted by atomic mass is 10.0. The Labute approximate surface area is 262 Å². The summed E-state index contributed by atoms with van der Waals surface area (Å²) in [7, 11) is 0. The molecule has 214 valence electrons. The summed E-state index contributed by atoms with van der Waals surface area (Å²) in [5, 5.41) is 11.0. The fourth-order valence-corrected chi connectivity index (χ4v) is 5.10. The van der Waals surface area contributed by atoms with Crippen molar-refractivity contribution >= 4 is 23.2 Å². The predicted octanol–water partition coefficient (Wildman–Crippen LogP) is 9.60. The fourth-order valence-electron chi connectivity index (χ4n) is 4.58. The molecule has 0 bridgehead atoms. The normalized spacial score (nSPS) is 11.3. The van der Waals surface area contributed by atoms with Crippen molar-refractivity contribution in [1.82, 2.24) is 9.97 Å². The molecule has 0 aliphatic carbocycles. The van der Waals surface area contributed by atoms with Gasteiger partial charge in [0.1, 0.15) is 12.4 Å². The lowest BCUT2D eigenvalue weighted by Crippen LogP contribution is -2.01. The minimum absolute atomic E-state index is 0.420. The smallest absolute Gasteiger partial charge is 0.115 e. The van der Waals surface area contributed by atoms with E-state index in [-0.39, 0.29) is 0 Å². The van der Waals surface area contributed by atoms with E-state index < -0.39 is 6.10 Å². The average Bonchev–Trinajstić information content (AvgIpc) is 3.06. The fraction of sp³-hybridized carbons (Fsp3) is 0.0811. The van der Waals surface area contributed by atoms with Crippen LogP contribution in [0.1, 0.15) is 28.4 Å². The van der Waals surface area contributed by atoms with E-state index in [4.69, 9.17) is 27.9 Å². The van der Waals surface area contributed by atoms with E-state index in [0.717, 1.165) is 0 Å². The number of aromatic nitrogens is 2. The number of benzene rings is 5. The number of nitrogens with zero attached hydrogens (tertiary/aromatic N) is 2. The Morgan fingerprint density at radius 3 is 1.60 bits per heavy atom. The molecule has 0 aliphatic heterocycles. The molecule has 0 saturated carbocycles. The highest BCUT2D eigenvalue weighted by atomic mass is 35.5. The van der Waals surface area contributed by atoms with Crippen molar-refractivity contribution in [3.63, 3.8) is 0 Å². The highest BCUT2D eigenvalue weighted by molar-refractivity contribution is 6.35. The second-order valence-corrected chi connectivity index (χ2v) is 10.7. The molecule has 4 nitrogen and oxygen atoms in total. The second-order valence-electron chi connectivity index (χ2n) is 9.87. The summed E-state index contributed by atoms with van der Waals surface area (Å²) >= 11 is 11.8. The Balaban J connectivity index is 0.000000196. The number of halogens is 2. The Morgan fingerprint density at radius 1 is 0.581 bits per heavy atom. The number of hydrogen-bond acceptors (Lipinski definition) is 4. The summed E-state index contributed by atoms with van der Waals surface area (Å²) in [5.41, 5.74) is 8.47. The van der Waals surface area contributed by atoms with Crippen molar-refractivity contribution < 1.29 is 9.84 Å². The zero-order valence-electron chi connectivity index (χ0n) is 23.4. The van der Waals surface area contributed by atoms with Crippen LogP contribution < -0.4 is 0 Å². The first-order chi connectivity index (χ1) is 21.1. The van der Waals surface area contributed by atoms with E-state index in [1.165, 1.54) is 39.7 Å². The maximum absolute atomic E-state index is 10.1. The minimum atomic E-state index is -0.842. The van der Waals surface area contributed by atoms with Crippen molar-refractivity contribution in [2.75, 3.05) is 0 Å². The topological polar surface area (TPSA) is 55.2 Å². The molecule has 0 fully saturated rings. The van der Waals surface area contributed by atoms with E-state index in [1.807, 2.05) is 12.1 Å². The Hall–Kier alpha value is -4.32. The van der Waals surface area contributed by atoms with Crippen LogP contribution in [0.25, 0.3) is 22.3 Å². The molecule has 6 heteroatoms. The Morgan fingerprint density at radius 2 is 1.09 bits per heavy atom. The monoisotopic (exact) mass is 604 g/mol. The van der Waals surface area contributed by atoms with Crippen LogP contribution in [0.4, 0.5) is 0 Å². The molecular weight excluding hydrogens is 575 g/mol. The summed E-state index contributed by atoms with van der Waals surface area (Å²) in [4.78, 5) is 7.68. The third-order valence-corrected chi connectivity index (χ3v) is 7.32. The van der Waals surface area contributed by atoms with Crippen molar-refractivity contribution in [2.45, 2.75) is 19.3 Å². The highest BCUT2D eigenvalue weighted by Gasteiger charge is 2.14. The molecule has 1 unspecified atom stereocenters. The first-order valence-electron chi connectivity index (χ1n) is 13.8. The van der Waals surface area contributed by atoms with Crippen LogP contribution in [-0.4, -0.2) is 15.1 Å². The standard InChI is InChI=1S/C26H22O.C11H8Cl2N2O/c1-3-11-23(12-4-1)25-15-7-9-21(17-25)19-27-20-22-10-8-16-26(18-22)24-13-5-2-6-14-24;12-8-1-2-9(10(13)3-8)11(16)7-4-14-6-15-5-7/h1-18H,19-20H2;1-6,11,16H. The van der Waals surface area contributed by atoms with E-state index in [0.29, 0.717) is 34.4 Å². The quantitative estimate of drug-likeness (QED) is 0.188. The van der Waals surface area contributed by atoms with Gasteiger partial charge in [0.25, 0.3) is 0 Å². The molecule has 0 amide bonds. The summed E-state index contributed by atoms with van der Waals surface area (Å²) in [6.45, 7) is 1.21. The molecule has 1 aromatic heterocycles. The lowest BCUT2D eigenvalue weighted by Gasteiger charge is -2.12. The molecule has 0 saturated heterocycles. The molecule has 6 aromatic rings. The Kier molecular flexibility index (Phi) is 10.7. The van der Waals surface area contributed by atoms with Crippen LogP contribution in [0, 0.1) is 0 Å². The Bertz CT molecular complexity index is 1650. The third kappa shape index (κ3) is 8.60. The van der Waals surface area contributed by atoms with Crippen molar-refractivity contribution in [3.05, 3.63) is 178 Å². The number of aliphatic hydroxyl groups excluding tert-OH is 1. The van der Waals surface area contributed by atoms with Crippen molar-refractivity contribution in [2.24, 2.45) is 0 Å². The van der Waals surface area contributed by atoms with E-state index in [2.05, 4.69) is 107 Å². The average molecular weight is 606 g/mol. The highest BCUT2D eigenvalue weighted by Crippen LogP contribution is 2.29. The number of ether oxygens (including phenoxy) is 1. The predicted molar refractivity (Wildman–Crippen MR) is 175 cm³/mol. The molecule has 43 heavy (non-hydrogen) atoms. The second kappa shape index (κ2) is 15.2. The van der Waals surface area contributed by atoms with E-state index >= 15 is 0 Å². The first kappa shape index (κ1) is 30.1. The SMILES string of the molecule is OC(c1cncnc1)c1ccc(Cl)cc1Cl.c1ccc(-c2cccc(COCc3cccc(-c4ccccc4)c3)c2)cc1. The van der Waals surface area contributed by atoms with Crippen molar-refractivity contribution in [3.8, 4) is 22.3 Å². The maximum atomic E-state index is 10.1. The summed E-state index contributed by atoms with van der Waals surface area (Å²) in [6, 6.07) is 43.0. The van der Waals surface area contributed by atoms with Gasteiger partial charge in [0.2, 0.25) is 0 Å². The summed E-state index contributed by atoms with van der Waals surface area (Å²) in [5.74, 6) is 0. The zero-order valence-corrected chi connectivity index (χ0v) is 24.9. The zero-order chi connectivity index (χ0) is 29.9. The van der Waals surface area contributed by atoms with E-state index in [1.54, 1.807) is 30.6 Å². The van der Waals surface area contributed by atoms with Gasteiger partial charge in [-0.25, -0.2) is 9.97 Å². The largest absolute Gasteiger partial charge is 0.383 e. The van der Waals surface area contributed by atoms with Crippen LogP contribution in [0.15, 0.2) is 146 Å². The molecule has 0 aliphatic rings. The molecule has 1 N–H and O–H groups in total. The van der Waals surface area contributed by atoms with Crippen LogP contribution >= 0.6 is 23.2 Å². The number of hydrogen-bond donors (Lipinski definition) is 1. The molecular formula is C37H30Cl2N2O2. The van der Waals surface area contributed by atoms with Crippen LogP contribution in [0.3, 0.4) is 0 Å². The van der Waals surface area contributed by atoms with Gasteiger partial charge in [0.05, 0.1) is 13.2 Å². The third-order valence-electron chi connectivity index (χ3n) is 6.76. The van der Waals surface area contributed by atoms with Gasteiger partial charge in [-0.1, -0.05) is 126 Å². The maximum Gasteiger partial charge on any atom is 0.115 e. The molecule has 6 rings (SSSR count). The summed E-state index contributed by atoms with van der Waals surface area (Å²) < 4.78 is 5.99. The number of rotatable bonds is 8. The van der Waals surface area contributed by atoms with Gasteiger partial charge in [0, 0.05) is 33.6 Å². The van der Waals surface area contributed by atoms with Gasteiger partial charge in [-0.05, 0) is 57.6 Å². The first-order valence-corrected chi connectivity index (χ1v) is 14.6. The summed E-state index contributed by atoms with van der Waals surface area (Å²) in [6.07, 6.45) is 3.65. The van der Waals surface area contributed by atoms with Gasteiger partial charge >= 0.3 is 0 Å². The molecule has 1 heterocycles. The molecule has 0 radical (unpaired) electrons. The van der Waals surface area contributed by atoms with Crippen LogP contribution in [0.2, 0.25) is 10.0 Å². The van der Waals surface area contributed by atoms with Gasteiger partial charge in [-0.15, -0.1) is 0 Å². The molecule has 0 spiro atoms. The lowest BCUT2D eigenvalue weighted by molar-refractivity contribution is 0.107.